The summed E-state index contributed by atoms with van der Waals surface area (Å²) >= 11 is 5.02. The summed E-state index contributed by atoms with van der Waals surface area (Å²) in [7, 11) is 0. The number of nitro groups is 2. The van der Waals surface area contributed by atoms with Crippen LogP contribution in [-0.4, -0.2) is 21.2 Å². The van der Waals surface area contributed by atoms with Crippen molar-refractivity contribution < 1.29 is 9.85 Å². The fraction of sp³-hybridized carbons (Fsp3) is 0.0667. The average molecular weight is 359 g/mol. The van der Waals surface area contributed by atoms with Gasteiger partial charge in [-0.2, -0.15) is 5.10 Å². The first-order valence-corrected chi connectivity index (χ1v) is 7.38. The van der Waals surface area contributed by atoms with E-state index in [1.807, 2.05) is 0 Å². The molecule has 2 aromatic carbocycles. The first-order valence-electron chi connectivity index (χ1n) is 6.97. The minimum atomic E-state index is -0.528. The third kappa shape index (κ3) is 4.78. The predicted octanol–water partition coefficient (Wildman–Crippen LogP) is 3.13. The normalized spacial score (nSPS) is 10.4. The zero-order chi connectivity index (χ0) is 18.4. The van der Waals surface area contributed by atoms with Crippen LogP contribution in [-0.2, 0) is 0 Å². The van der Waals surface area contributed by atoms with E-state index < -0.39 is 9.85 Å². The van der Waals surface area contributed by atoms with E-state index in [-0.39, 0.29) is 22.2 Å². The molecule has 0 spiro atoms. The average Bonchev–Trinajstić information content (AvgIpc) is 2.56. The molecule has 9 nitrogen and oxygen atoms in total. The molecular formula is C15H13N5O4S. The van der Waals surface area contributed by atoms with Crippen LogP contribution in [0.15, 0.2) is 47.6 Å². The van der Waals surface area contributed by atoms with E-state index in [4.69, 9.17) is 12.2 Å². The minimum Gasteiger partial charge on any atom is -0.326 e. The number of thiocarbonyl (C=S) groups is 1. The van der Waals surface area contributed by atoms with E-state index in [0.29, 0.717) is 11.1 Å². The number of hydrazone groups is 1. The van der Waals surface area contributed by atoms with Gasteiger partial charge in [-0.3, -0.25) is 25.7 Å². The largest absolute Gasteiger partial charge is 0.326 e. The lowest BCUT2D eigenvalue weighted by Crippen LogP contribution is -2.24. The van der Waals surface area contributed by atoms with Crippen molar-refractivity contribution in [1.82, 2.24) is 5.43 Å². The molecule has 0 radical (unpaired) electrons. The SMILES string of the molecule is Cc1ccc(/C=N\NC(=S)Nc2ccccc2[N+](=O)[O-])cc1[N+](=O)[O-]. The van der Waals surface area contributed by atoms with Crippen LogP contribution in [0.1, 0.15) is 11.1 Å². The molecule has 0 fully saturated rings. The third-order valence-corrected chi connectivity index (χ3v) is 3.35. The van der Waals surface area contributed by atoms with Gasteiger partial charge in [-0.1, -0.05) is 24.3 Å². The molecule has 128 valence electrons. The number of rotatable bonds is 5. The molecule has 0 aromatic heterocycles. The Bertz CT molecular complexity index is 869. The minimum absolute atomic E-state index is 0.00966. The number of anilines is 1. The van der Waals surface area contributed by atoms with Crippen molar-refractivity contribution in [1.29, 1.82) is 0 Å². The molecule has 0 amide bonds. The van der Waals surface area contributed by atoms with Crippen molar-refractivity contribution in [3.05, 3.63) is 73.8 Å². The molecule has 0 atom stereocenters. The zero-order valence-electron chi connectivity index (χ0n) is 13.0. The lowest BCUT2D eigenvalue weighted by molar-refractivity contribution is -0.385. The van der Waals surface area contributed by atoms with Gasteiger partial charge in [0.1, 0.15) is 5.69 Å². The number of nitrogens with zero attached hydrogens (tertiary/aromatic N) is 3. The van der Waals surface area contributed by atoms with E-state index in [0.717, 1.165) is 0 Å². The van der Waals surface area contributed by atoms with Crippen molar-refractivity contribution in [3.8, 4) is 0 Å². The fourth-order valence-electron chi connectivity index (χ4n) is 1.96. The van der Waals surface area contributed by atoms with Gasteiger partial charge in [0.25, 0.3) is 11.4 Å². The molecule has 0 aliphatic carbocycles. The number of benzene rings is 2. The molecule has 10 heteroatoms. The van der Waals surface area contributed by atoms with Crippen LogP contribution < -0.4 is 10.7 Å². The summed E-state index contributed by atoms with van der Waals surface area (Å²) in [5, 5.41) is 28.4. The Balaban J connectivity index is 2.03. The highest BCUT2D eigenvalue weighted by Gasteiger charge is 2.13. The summed E-state index contributed by atoms with van der Waals surface area (Å²) in [6.07, 6.45) is 1.36. The Hall–Kier alpha value is -3.40. The molecule has 25 heavy (non-hydrogen) atoms. The highest BCUT2D eigenvalue weighted by atomic mass is 32.1. The second-order valence-electron chi connectivity index (χ2n) is 4.90. The lowest BCUT2D eigenvalue weighted by atomic mass is 10.1. The van der Waals surface area contributed by atoms with Crippen molar-refractivity contribution in [2.75, 3.05) is 5.32 Å². The Kier molecular flexibility index (Phi) is 5.69. The van der Waals surface area contributed by atoms with Gasteiger partial charge in [0.2, 0.25) is 0 Å². The van der Waals surface area contributed by atoms with Gasteiger partial charge < -0.3 is 5.32 Å². The van der Waals surface area contributed by atoms with E-state index in [2.05, 4.69) is 15.8 Å². The molecule has 0 saturated carbocycles. The van der Waals surface area contributed by atoms with Crippen molar-refractivity contribution in [3.63, 3.8) is 0 Å². The standard InChI is InChI=1S/C15H13N5O4S/c1-10-6-7-11(8-14(10)20(23)24)9-16-18-15(25)17-12-4-2-3-5-13(12)19(21)22/h2-9H,1H3,(H2,17,18,25)/b16-9-. The van der Waals surface area contributed by atoms with Crippen molar-refractivity contribution in [2.24, 2.45) is 5.10 Å². The van der Waals surface area contributed by atoms with Gasteiger partial charge in [-0.05, 0) is 25.2 Å². The van der Waals surface area contributed by atoms with Crippen LogP contribution >= 0.6 is 12.2 Å². The van der Waals surface area contributed by atoms with E-state index in [9.17, 15) is 20.2 Å². The van der Waals surface area contributed by atoms with Crippen molar-refractivity contribution >= 4 is 40.6 Å². The van der Waals surface area contributed by atoms with Crippen LogP contribution in [0.4, 0.5) is 17.1 Å². The van der Waals surface area contributed by atoms with Crippen LogP contribution in [0.2, 0.25) is 0 Å². The zero-order valence-corrected chi connectivity index (χ0v) is 13.8. The Labute approximate surface area is 147 Å². The summed E-state index contributed by atoms with van der Waals surface area (Å²) in [6.45, 7) is 1.64. The molecule has 2 N–H and O–H groups in total. The number of para-hydroxylation sites is 2. The molecule has 0 heterocycles. The topological polar surface area (TPSA) is 123 Å². The van der Waals surface area contributed by atoms with E-state index in [1.54, 1.807) is 31.2 Å². The number of nitro benzene ring substituents is 2. The smallest absolute Gasteiger partial charge is 0.292 e. The maximum absolute atomic E-state index is 10.9. The predicted molar refractivity (Wildman–Crippen MR) is 97.9 cm³/mol. The third-order valence-electron chi connectivity index (χ3n) is 3.16. The van der Waals surface area contributed by atoms with Gasteiger partial charge in [-0.15, -0.1) is 0 Å². The summed E-state index contributed by atoms with van der Waals surface area (Å²) in [5.74, 6) is 0. The Morgan fingerprint density at radius 3 is 2.48 bits per heavy atom. The molecule has 0 aliphatic heterocycles. The summed E-state index contributed by atoms with van der Waals surface area (Å²) in [5.41, 5.74) is 3.66. The molecule has 0 saturated heterocycles. The van der Waals surface area contributed by atoms with Gasteiger partial charge in [0, 0.05) is 23.3 Å². The van der Waals surface area contributed by atoms with Crippen LogP contribution in [0, 0.1) is 27.2 Å². The van der Waals surface area contributed by atoms with Crippen molar-refractivity contribution in [2.45, 2.75) is 6.92 Å². The molecule has 2 rings (SSSR count). The Morgan fingerprint density at radius 2 is 1.80 bits per heavy atom. The van der Waals surface area contributed by atoms with Crippen LogP contribution in [0.25, 0.3) is 0 Å². The summed E-state index contributed by atoms with van der Waals surface area (Å²) in [4.78, 5) is 20.8. The van der Waals surface area contributed by atoms with Crippen LogP contribution in [0.3, 0.4) is 0 Å². The molecule has 0 aliphatic rings. The highest BCUT2D eigenvalue weighted by Crippen LogP contribution is 2.23. The fourth-order valence-corrected chi connectivity index (χ4v) is 2.12. The van der Waals surface area contributed by atoms with Gasteiger partial charge in [0.15, 0.2) is 5.11 Å². The molecular weight excluding hydrogens is 346 g/mol. The lowest BCUT2D eigenvalue weighted by Gasteiger charge is -2.07. The summed E-state index contributed by atoms with van der Waals surface area (Å²) < 4.78 is 0. The first kappa shape index (κ1) is 17.9. The molecule has 2 aromatic rings. The number of aryl methyl sites for hydroxylation is 1. The monoisotopic (exact) mass is 359 g/mol. The number of nitrogens with one attached hydrogen (secondary N) is 2. The van der Waals surface area contributed by atoms with E-state index >= 15 is 0 Å². The maximum Gasteiger partial charge on any atom is 0.292 e. The summed E-state index contributed by atoms with van der Waals surface area (Å²) in [6, 6.07) is 10.7. The van der Waals surface area contributed by atoms with Crippen LogP contribution in [0.5, 0.6) is 0 Å². The molecule has 0 bridgehead atoms. The van der Waals surface area contributed by atoms with E-state index in [1.165, 1.54) is 24.4 Å². The second kappa shape index (κ2) is 7.93. The van der Waals surface area contributed by atoms with Gasteiger partial charge in [0.05, 0.1) is 16.1 Å². The van der Waals surface area contributed by atoms with Gasteiger partial charge in [-0.25, -0.2) is 0 Å². The maximum atomic E-state index is 10.9. The second-order valence-corrected chi connectivity index (χ2v) is 5.31. The molecule has 0 unspecified atom stereocenters. The Morgan fingerprint density at radius 1 is 1.12 bits per heavy atom. The number of hydrogen-bond acceptors (Lipinski definition) is 6. The highest BCUT2D eigenvalue weighted by molar-refractivity contribution is 7.80. The number of hydrogen-bond donors (Lipinski definition) is 2. The van der Waals surface area contributed by atoms with Gasteiger partial charge >= 0.3 is 0 Å². The first-order chi connectivity index (χ1) is 11.9. The quantitative estimate of drug-likeness (QED) is 0.364.